The standard InChI is InChI=1S/C11H23N3O3S/c1-18-7-5-9(11(16)17)14-10(15)8(13)4-2-3-6-12/h8-9H,2-7,12-13H2,1H3,(H,14,15)(H,16,17)/t8-,9-/m0/s1. The van der Waals surface area contributed by atoms with Gasteiger partial charge in [0.2, 0.25) is 5.91 Å². The number of hydrogen-bond donors (Lipinski definition) is 4. The van der Waals surface area contributed by atoms with Crippen molar-refractivity contribution in [3.8, 4) is 0 Å². The van der Waals surface area contributed by atoms with Gasteiger partial charge in [-0.25, -0.2) is 4.79 Å². The zero-order chi connectivity index (χ0) is 14.0. The molecule has 0 aromatic carbocycles. The van der Waals surface area contributed by atoms with Gasteiger partial charge in [-0.3, -0.25) is 4.79 Å². The first-order chi connectivity index (χ1) is 8.52. The van der Waals surface area contributed by atoms with Crippen molar-refractivity contribution in [3.63, 3.8) is 0 Å². The predicted molar refractivity (Wildman–Crippen MR) is 73.4 cm³/mol. The molecule has 0 bridgehead atoms. The van der Waals surface area contributed by atoms with Gasteiger partial charge in [-0.2, -0.15) is 11.8 Å². The van der Waals surface area contributed by atoms with Crippen LogP contribution in [-0.4, -0.2) is 47.6 Å². The van der Waals surface area contributed by atoms with Crippen LogP contribution in [0.5, 0.6) is 0 Å². The fraction of sp³-hybridized carbons (Fsp3) is 0.818. The Morgan fingerprint density at radius 2 is 2.00 bits per heavy atom. The van der Waals surface area contributed by atoms with E-state index in [1.54, 1.807) is 0 Å². The molecule has 0 aliphatic rings. The second-order valence-electron chi connectivity index (χ2n) is 4.07. The number of carbonyl (C=O) groups is 2. The number of nitrogens with two attached hydrogens (primary N) is 2. The Morgan fingerprint density at radius 1 is 1.33 bits per heavy atom. The number of amides is 1. The van der Waals surface area contributed by atoms with Gasteiger partial charge in [0.15, 0.2) is 0 Å². The first-order valence-electron chi connectivity index (χ1n) is 6.00. The Bertz CT molecular complexity index is 264. The van der Waals surface area contributed by atoms with Crippen LogP contribution in [0.3, 0.4) is 0 Å². The van der Waals surface area contributed by atoms with Gasteiger partial charge in [-0.1, -0.05) is 6.42 Å². The average molecular weight is 277 g/mol. The molecule has 0 aromatic rings. The van der Waals surface area contributed by atoms with Gasteiger partial charge in [-0.05, 0) is 37.8 Å². The monoisotopic (exact) mass is 277 g/mol. The van der Waals surface area contributed by atoms with Crippen LogP contribution in [0.1, 0.15) is 25.7 Å². The van der Waals surface area contributed by atoms with E-state index in [1.807, 2.05) is 6.26 Å². The van der Waals surface area contributed by atoms with Crippen molar-refractivity contribution in [1.82, 2.24) is 5.32 Å². The third-order valence-corrected chi connectivity index (χ3v) is 3.18. The summed E-state index contributed by atoms with van der Waals surface area (Å²) in [7, 11) is 0. The van der Waals surface area contributed by atoms with E-state index in [2.05, 4.69) is 5.32 Å². The highest BCUT2D eigenvalue weighted by Crippen LogP contribution is 2.03. The van der Waals surface area contributed by atoms with Crippen molar-refractivity contribution >= 4 is 23.6 Å². The van der Waals surface area contributed by atoms with Crippen LogP contribution >= 0.6 is 11.8 Å². The molecule has 0 fully saturated rings. The van der Waals surface area contributed by atoms with Gasteiger partial charge in [0.25, 0.3) is 0 Å². The van der Waals surface area contributed by atoms with Crippen molar-refractivity contribution in [2.45, 2.75) is 37.8 Å². The van der Waals surface area contributed by atoms with Crippen LogP contribution < -0.4 is 16.8 Å². The van der Waals surface area contributed by atoms with Gasteiger partial charge in [0.1, 0.15) is 6.04 Å². The molecule has 0 aliphatic carbocycles. The van der Waals surface area contributed by atoms with E-state index in [0.717, 1.165) is 12.8 Å². The summed E-state index contributed by atoms with van der Waals surface area (Å²) >= 11 is 1.54. The van der Waals surface area contributed by atoms with Crippen molar-refractivity contribution in [2.75, 3.05) is 18.6 Å². The Labute approximate surface area is 112 Å². The molecular weight excluding hydrogens is 254 g/mol. The molecule has 7 heteroatoms. The number of nitrogens with one attached hydrogen (secondary N) is 1. The van der Waals surface area contributed by atoms with E-state index in [4.69, 9.17) is 16.6 Å². The fourth-order valence-electron chi connectivity index (χ4n) is 1.41. The van der Waals surface area contributed by atoms with Crippen molar-refractivity contribution in [2.24, 2.45) is 11.5 Å². The maximum atomic E-state index is 11.7. The summed E-state index contributed by atoms with van der Waals surface area (Å²) in [4.78, 5) is 22.6. The highest BCUT2D eigenvalue weighted by molar-refractivity contribution is 7.98. The molecule has 0 aromatic heterocycles. The minimum absolute atomic E-state index is 0.401. The van der Waals surface area contributed by atoms with Crippen LogP contribution in [0.2, 0.25) is 0 Å². The summed E-state index contributed by atoms with van der Waals surface area (Å²) in [5.74, 6) is -0.744. The van der Waals surface area contributed by atoms with Gasteiger partial charge < -0.3 is 21.9 Å². The minimum Gasteiger partial charge on any atom is -0.480 e. The number of carbonyl (C=O) groups excluding carboxylic acids is 1. The topological polar surface area (TPSA) is 118 Å². The summed E-state index contributed by atoms with van der Waals surface area (Å²) in [6.45, 7) is 0.569. The summed E-state index contributed by atoms with van der Waals surface area (Å²) in [6, 6.07) is -1.52. The molecule has 0 spiro atoms. The van der Waals surface area contributed by atoms with E-state index < -0.39 is 24.0 Å². The molecule has 0 radical (unpaired) electrons. The summed E-state index contributed by atoms with van der Waals surface area (Å²) in [6.07, 6.45) is 4.40. The van der Waals surface area contributed by atoms with Crippen LogP contribution in [0, 0.1) is 0 Å². The quantitative estimate of drug-likeness (QED) is 0.409. The Morgan fingerprint density at radius 3 is 2.50 bits per heavy atom. The van der Waals surface area contributed by atoms with Gasteiger partial charge in [0, 0.05) is 0 Å². The Balaban J connectivity index is 4.10. The Kier molecular flexibility index (Phi) is 9.72. The smallest absolute Gasteiger partial charge is 0.326 e. The number of carboxylic acids is 1. The lowest BCUT2D eigenvalue weighted by Gasteiger charge is -2.17. The summed E-state index contributed by atoms with van der Waals surface area (Å²) in [5.41, 5.74) is 11.0. The molecular formula is C11H23N3O3S. The SMILES string of the molecule is CSCC[C@H](NC(=O)[C@@H](N)CCCCN)C(=O)O. The number of hydrogen-bond acceptors (Lipinski definition) is 5. The second kappa shape index (κ2) is 10.2. The molecule has 106 valence electrons. The van der Waals surface area contributed by atoms with Crippen molar-refractivity contribution < 1.29 is 14.7 Å². The van der Waals surface area contributed by atoms with Crippen LogP contribution in [0.15, 0.2) is 0 Å². The van der Waals surface area contributed by atoms with E-state index >= 15 is 0 Å². The molecule has 1 amide bonds. The van der Waals surface area contributed by atoms with Gasteiger partial charge in [-0.15, -0.1) is 0 Å². The van der Waals surface area contributed by atoms with Gasteiger partial charge in [0.05, 0.1) is 6.04 Å². The minimum atomic E-state index is -1.02. The van der Waals surface area contributed by atoms with Crippen LogP contribution in [0.25, 0.3) is 0 Å². The van der Waals surface area contributed by atoms with E-state index in [-0.39, 0.29) is 0 Å². The van der Waals surface area contributed by atoms with Crippen LogP contribution in [-0.2, 0) is 9.59 Å². The largest absolute Gasteiger partial charge is 0.480 e. The predicted octanol–water partition coefficient (Wildman–Crippen LogP) is -0.235. The lowest BCUT2D eigenvalue weighted by atomic mass is 10.1. The third-order valence-electron chi connectivity index (χ3n) is 2.53. The van der Waals surface area contributed by atoms with Gasteiger partial charge >= 0.3 is 5.97 Å². The molecule has 0 unspecified atom stereocenters. The molecule has 18 heavy (non-hydrogen) atoms. The number of thioether (sulfide) groups is 1. The average Bonchev–Trinajstić information content (AvgIpc) is 2.33. The third kappa shape index (κ3) is 7.52. The van der Waals surface area contributed by atoms with E-state index in [1.165, 1.54) is 11.8 Å². The fourth-order valence-corrected chi connectivity index (χ4v) is 1.88. The molecule has 2 atom stereocenters. The summed E-state index contributed by atoms with van der Waals surface area (Å²) < 4.78 is 0. The zero-order valence-corrected chi connectivity index (χ0v) is 11.5. The molecule has 0 heterocycles. The maximum Gasteiger partial charge on any atom is 0.326 e. The molecule has 0 aliphatic heterocycles. The molecule has 0 rings (SSSR count). The Hall–Kier alpha value is -0.790. The lowest BCUT2D eigenvalue weighted by Crippen LogP contribution is -2.48. The highest BCUT2D eigenvalue weighted by atomic mass is 32.2. The van der Waals surface area contributed by atoms with Crippen molar-refractivity contribution in [1.29, 1.82) is 0 Å². The van der Waals surface area contributed by atoms with E-state index in [0.29, 0.717) is 25.1 Å². The van der Waals surface area contributed by atoms with E-state index in [9.17, 15) is 9.59 Å². The van der Waals surface area contributed by atoms with Crippen molar-refractivity contribution in [3.05, 3.63) is 0 Å². The summed E-state index contributed by atoms with van der Waals surface area (Å²) in [5, 5.41) is 11.4. The second-order valence-corrected chi connectivity index (χ2v) is 5.06. The normalized spacial score (nSPS) is 13.9. The first-order valence-corrected chi connectivity index (χ1v) is 7.40. The lowest BCUT2D eigenvalue weighted by molar-refractivity contribution is -0.142. The number of rotatable bonds is 10. The zero-order valence-electron chi connectivity index (χ0n) is 10.7. The molecule has 0 saturated carbocycles. The maximum absolute atomic E-state index is 11.7. The highest BCUT2D eigenvalue weighted by Gasteiger charge is 2.22. The van der Waals surface area contributed by atoms with Crippen LogP contribution in [0.4, 0.5) is 0 Å². The number of carboxylic acid groups (broad SMARTS) is 1. The molecule has 6 N–H and O–H groups in total. The molecule has 6 nitrogen and oxygen atoms in total. The first kappa shape index (κ1) is 17.2. The number of unbranched alkanes of at least 4 members (excludes halogenated alkanes) is 1. The molecule has 0 saturated heterocycles. The number of aliphatic carboxylic acids is 1.